The van der Waals surface area contributed by atoms with Gasteiger partial charge in [-0.15, -0.1) is 0 Å². The number of nitrogens with one attached hydrogen (secondary N) is 1. The van der Waals surface area contributed by atoms with Crippen molar-refractivity contribution in [2.75, 3.05) is 19.6 Å². The van der Waals surface area contributed by atoms with Gasteiger partial charge >= 0.3 is 0 Å². The minimum atomic E-state index is -0.0852. The van der Waals surface area contributed by atoms with Crippen molar-refractivity contribution in [3.8, 4) is 0 Å². The Hall–Kier alpha value is -1.95. The van der Waals surface area contributed by atoms with Gasteiger partial charge in [-0.3, -0.25) is 4.79 Å². The molecule has 6 nitrogen and oxygen atoms in total. The lowest BCUT2D eigenvalue weighted by Gasteiger charge is -2.20. The maximum absolute atomic E-state index is 12.3. The Morgan fingerprint density at radius 1 is 1.55 bits per heavy atom. The van der Waals surface area contributed by atoms with Gasteiger partial charge in [-0.05, 0) is 45.7 Å². The van der Waals surface area contributed by atoms with Crippen LogP contribution in [-0.2, 0) is 0 Å². The number of carbonyl (C=O) groups excluding carboxylic acids is 1. The number of nitrogens with zero attached hydrogens (tertiary/aromatic N) is 3. The lowest BCUT2D eigenvalue weighted by Crippen LogP contribution is -2.33. The van der Waals surface area contributed by atoms with Crippen molar-refractivity contribution in [1.82, 2.24) is 20.4 Å². The van der Waals surface area contributed by atoms with Gasteiger partial charge in [-0.25, -0.2) is 4.98 Å². The molecule has 0 saturated carbocycles. The van der Waals surface area contributed by atoms with E-state index in [2.05, 4.69) is 34.2 Å². The quantitative estimate of drug-likeness (QED) is 0.935. The largest absolute Gasteiger partial charge is 0.352 e. The summed E-state index contributed by atoms with van der Waals surface area (Å²) in [4.78, 5) is 18.9. The van der Waals surface area contributed by atoms with Gasteiger partial charge in [0.2, 0.25) is 0 Å². The van der Waals surface area contributed by atoms with Crippen molar-refractivity contribution in [2.24, 2.45) is 5.92 Å². The number of amides is 1. The van der Waals surface area contributed by atoms with Crippen LogP contribution in [0.2, 0.25) is 0 Å². The third-order valence-corrected chi connectivity index (χ3v) is 4.37. The van der Waals surface area contributed by atoms with E-state index in [1.54, 1.807) is 6.07 Å². The first kappa shape index (κ1) is 15.0. The molecule has 2 aromatic rings. The Morgan fingerprint density at radius 2 is 2.36 bits per heavy atom. The van der Waals surface area contributed by atoms with Crippen LogP contribution in [0.5, 0.6) is 0 Å². The highest BCUT2D eigenvalue weighted by molar-refractivity contribution is 5.96. The topological polar surface area (TPSA) is 71.3 Å². The molecule has 1 aliphatic rings. The summed E-state index contributed by atoms with van der Waals surface area (Å²) in [6.07, 6.45) is 2.68. The van der Waals surface area contributed by atoms with Crippen LogP contribution < -0.4 is 5.32 Å². The highest BCUT2D eigenvalue weighted by Gasteiger charge is 2.24. The lowest BCUT2D eigenvalue weighted by molar-refractivity contribution is 0.0947. The molecule has 0 aromatic carbocycles. The lowest BCUT2D eigenvalue weighted by atomic mass is 10.1. The number of hydrogen-bond donors (Lipinski definition) is 1. The number of aryl methyl sites for hydroxylation is 1. The van der Waals surface area contributed by atoms with E-state index in [4.69, 9.17) is 4.52 Å². The molecule has 1 amide bonds. The van der Waals surface area contributed by atoms with Crippen LogP contribution in [0.3, 0.4) is 0 Å². The maximum Gasteiger partial charge on any atom is 0.257 e. The zero-order valence-corrected chi connectivity index (χ0v) is 13.3. The number of fused-ring (bicyclic) bond motifs is 1. The molecule has 2 aromatic heterocycles. The van der Waals surface area contributed by atoms with Crippen molar-refractivity contribution in [3.63, 3.8) is 0 Å². The smallest absolute Gasteiger partial charge is 0.257 e. The summed E-state index contributed by atoms with van der Waals surface area (Å²) in [5.41, 5.74) is 1.77. The first-order valence-electron chi connectivity index (χ1n) is 7.79. The molecular weight excluding hydrogens is 280 g/mol. The minimum Gasteiger partial charge on any atom is -0.352 e. The molecule has 6 heteroatoms. The van der Waals surface area contributed by atoms with Gasteiger partial charge in [0.1, 0.15) is 0 Å². The molecule has 22 heavy (non-hydrogen) atoms. The van der Waals surface area contributed by atoms with Gasteiger partial charge in [0.05, 0.1) is 16.6 Å². The van der Waals surface area contributed by atoms with Crippen LogP contribution in [0.25, 0.3) is 11.1 Å². The second-order valence-electron chi connectivity index (χ2n) is 6.30. The summed E-state index contributed by atoms with van der Waals surface area (Å²) in [5.74, 6) is 0.443. The zero-order valence-electron chi connectivity index (χ0n) is 13.3. The number of rotatable bonds is 4. The fraction of sp³-hybridized carbons (Fsp3) is 0.562. The number of carbonyl (C=O) groups is 1. The highest BCUT2D eigenvalue weighted by atomic mass is 16.5. The summed E-state index contributed by atoms with van der Waals surface area (Å²) in [7, 11) is 0. The van der Waals surface area contributed by atoms with E-state index in [0.717, 1.165) is 30.6 Å². The van der Waals surface area contributed by atoms with Crippen LogP contribution in [-0.4, -0.2) is 46.6 Å². The molecule has 1 aliphatic heterocycles. The van der Waals surface area contributed by atoms with Crippen molar-refractivity contribution in [2.45, 2.75) is 33.2 Å². The molecule has 0 bridgehead atoms. The molecule has 0 radical (unpaired) electrons. The van der Waals surface area contributed by atoms with E-state index in [-0.39, 0.29) is 5.91 Å². The van der Waals surface area contributed by atoms with Crippen LogP contribution in [0.15, 0.2) is 16.8 Å². The first-order valence-corrected chi connectivity index (χ1v) is 7.79. The molecule has 1 atom stereocenters. The summed E-state index contributed by atoms with van der Waals surface area (Å²) in [5, 5.41) is 7.67. The van der Waals surface area contributed by atoms with Crippen LogP contribution >= 0.6 is 0 Å². The van der Waals surface area contributed by atoms with E-state index >= 15 is 0 Å². The number of pyridine rings is 1. The van der Waals surface area contributed by atoms with Gasteiger partial charge in [0, 0.05) is 25.3 Å². The normalized spacial score (nSPS) is 19.2. The third-order valence-electron chi connectivity index (χ3n) is 4.37. The zero-order chi connectivity index (χ0) is 15.7. The van der Waals surface area contributed by atoms with Crippen molar-refractivity contribution in [3.05, 3.63) is 23.5 Å². The Balaban J connectivity index is 1.60. The van der Waals surface area contributed by atoms with E-state index < -0.39 is 0 Å². The van der Waals surface area contributed by atoms with Gasteiger partial charge in [0.25, 0.3) is 11.6 Å². The molecule has 1 fully saturated rings. The SMILES string of the molecule is Cc1noc2ncc(C(=O)NCC3CCN(C(C)C)C3)cc12. The number of hydrogen-bond acceptors (Lipinski definition) is 5. The van der Waals surface area contributed by atoms with Crippen molar-refractivity contribution < 1.29 is 9.32 Å². The maximum atomic E-state index is 12.3. The summed E-state index contributed by atoms with van der Waals surface area (Å²) in [6, 6.07) is 2.36. The number of aromatic nitrogens is 2. The van der Waals surface area contributed by atoms with Crippen LogP contribution in [0.1, 0.15) is 36.3 Å². The predicted octanol–water partition coefficient (Wildman–Crippen LogP) is 1.99. The van der Waals surface area contributed by atoms with Gasteiger partial charge in [-0.1, -0.05) is 5.16 Å². The Bertz CT molecular complexity index is 680. The van der Waals surface area contributed by atoms with E-state index in [9.17, 15) is 4.79 Å². The number of likely N-dealkylation sites (tertiary alicyclic amines) is 1. The summed E-state index contributed by atoms with van der Waals surface area (Å²) >= 11 is 0. The highest BCUT2D eigenvalue weighted by Crippen LogP contribution is 2.19. The molecule has 0 aliphatic carbocycles. The fourth-order valence-electron chi connectivity index (χ4n) is 2.91. The molecule has 0 spiro atoms. The third kappa shape index (κ3) is 2.97. The molecule has 118 valence electrons. The minimum absolute atomic E-state index is 0.0852. The molecule has 1 unspecified atom stereocenters. The Labute approximate surface area is 129 Å². The van der Waals surface area contributed by atoms with Gasteiger partial charge in [-0.2, -0.15) is 0 Å². The second-order valence-corrected chi connectivity index (χ2v) is 6.30. The van der Waals surface area contributed by atoms with E-state index in [1.165, 1.54) is 6.20 Å². The monoisotopic (exact) mass is 302 g/mol. The van der Waals surface area contributed by atoms with E-state index in [1.807, 2.05) is 6.92 Å². The second kappa shape index (κ2) is 6.04. The Morgan fingerprint density at radius 3 is 3.09 bits per heavy atom. The average molecular weight is 302 g/mol. The van der Waals surface area contributed by atoms with Gasteiger partial charge in [0.15, 0.2) is 0 Å². The van der Waals surface area contributed by atoms with E-state index in [0.29, 0.717) is 29.8 Å². The molecule has 1 N–H and O–H groups in total. The summed E-state index contributed by atoms with van der Waals surface area (Å²) < 4.78 is 5.06. The molecule has 3 rings (SSSR count). The Kier molecular flexibility index (Phi) is 4.11. The van der Waals surface area contributed by atoms with Crippen LogP contribution in [0.4, 0.5) is 0 Å². The molecule has 3 heterocycles. The summed E-state index contributed by atoms with van der Waals surface area (Å²) in [6.45, 7) is 9.15. The standard InChI is InChI=1S/C16H22N4O2/c1-10(2)20-5-4-12(9-20)7-17-15(21)13-6-14-11(3)19-22-16(14)18-8-13/h6,8,10,12H,4-5,7,9H2,1-3H3,(H,17,21). The van der Waals surface area contributed by atoms with Crippen molar-refractivity contribution >= 4 is 17.0 Å². The van der Waals surface area contributed by atoms with Crippen LogP contribution in [0, 0.1) is 12.8 Å². The molecule has 1 saturated heterocycles. The molecular formula is C16H22N4O2. The fourth-order valence-corrected chi connectivity index (χ4v) is 2.91. The van der Waals surface area contributed by atoms with Crippen molar-refractivity contribution in [1.29, 1.82) is 0 Å². The van der Waals surface area contributed by atoms with Gasteiger partial charge < -0.3 is 14.7 Å². The first-order chi connectivity index (χ1) is 10.5. The predicted molar refractivity (Wildman–Crippen MR) is 83.7 cm³/mol. The average Bonchev–Trinajstić information content (AvgIpc) is 3.12.